The number of nitrogens with zero attached hydrogens (tertiary/aromatic N) is 4. The molecule has 3 heterocycles. The van der Waals surface area contributed by atoms with Gasteiger partial charge in [-0.2, -0.15) is 5.26 Å². The van der Waals surface area contributed by atoms with Crippen LogP contribution in [0.25, 0.3) is 10.2 Å². The Labute approximate surface area is 175 Å². The van der Waals surface area contributed by atoms with Gasteiger partial charge in [0.05, 0.1) is 24.7 Å². The first-order chi connectivity index (χ1) is 14.3. The number of aromatic nitrogens is 2. The molecular formula is C22H28N4O2S. The summed E-state index contributed by atoms with van der Waals surface area (Å²) >= 11 is 1.79. The molecule has 29 heavy (non-hydrogen) atoms. The minimum atomic E-state index is 0.236. The van der Waals surface area contributed by atoms with E-state index in [1.807, 2.05) is 0 Å². The minimum absolute atomic E-state index is 0.236. The molecule has 0 aromatic carbocycles. The maximum atomic E-state index is 9.02. The lowest BCUT2D eigenvalue weighted by Gasteiger charge is -2.38. The number of fused-ring (bicyclic) bond motifs is 3. The maximum absolute atomic E-state index is 9.02. The lowest BCUT2D eigenvalue weighted by atomic mass is 9.91. The van der Waals surface area contributed by atoms with Gasteiger partial charge in [0.2, 0.25) is 5.88 Å². The van der Waals surface area contributed by atoms with Gasteiger partial charge in [0.1, 0.15) is 17.3 Å². The SMILES string of the molecule is N#CCC[C@H]1CCc2sc3ncnc(OC4CCC(N5CCOCC5)CC4)c3c21. The first kappa shape index (κ1) is 19.2. The average molecular weight is 413 g/mol. The zero-order chi connectivity index (χ0) is 19.6. The van der Waals surface area contributed by atoms with Crippen molar-refractivity contribution in [2.75, 3.05) is 26.3 Å². The standard InChI is InChI=1S/C22H28N4O2S/c23-9-1-2-15-3-8-18-19(15)20-21(24-14-25-22(20)29-18)28-17-6-4-16(5-7-17)26-10-12-27-13-11-26/h14-17H,1-8,10-13H2/t15-,16?,17?/m0/s1. The lowest BCUT2D eigenvalue weighted by Crippen LogP contribution is -2.46. The second-order valence-electron chi connectivity index (χ2n) is 8.43. The molecular weight excluding hydrogens is 384 g/mol. The van der Waals surface area contributed by atoms with Gasteiger partial charge in [-0.1, -0.05) is 0 Å². The number of rotatable bonds is 5. The van der Waals surface area contributed by atoms with Gasteiger partial charge in [-0.25, -0.2) is 9.97 Å². The third-order valence-electron chi connectivity index (χ3n) is 6.78. The predicted octanol–water partition coefficient (Wildman–Crippen LogP) is 4.05. The van der Waals surface area contributed by atoms with E-state index in [1.165, 1.54) is 23.3 Å². The Hall–Kier alpha value is -1.75. The third kappa shape index (κ3) is 3.86. The van der Waals surface area contributed by atoms with Crippen molar-refractivity contribution in [1.82, 2.24) is 14.9 Å². The van der Waals surface area contributed by atoms with Crippen LogP contribution in [0.3, 0.4) is 0 Å². The number of hydrogen-bond acceptors (Lipinski definition) is 7. The highest BCUT2D eigenvalue weighted by Gasteiger charge is 2.32. The molecule has 6 nitrogen and oxygen atoms in total. The van der Waals surface area contributed by atoms with Gasteiger partial charge in [-0.3, -0.25) is 4.90 Å². The zero-order valence-corrected chi connectivity index (χ0v) is 17.6. The fourth-order valence-electron chi connectivity index (χ4n) is 5.29. The van der Waals surface area contributed by atoms with Crippen molar-refractivity contribution in [2.24, 2.45) is 0 Å². The monoisotopic (exact) mass is 412 g/mol. The highest BCUT2D eigenvalue weighted by molar-refractivity contribution is 7.19. The van der Waals surface area contributed by atoms with Crippen LogP contribution < -0.4 is 4.74 Å². The van der Waals surface area contributed by atoms with E-state index in [2.05, 4.69) is 20.9 Å². The molecule has 154 valence electrons. The van der Waals surface area contributed by atoms with Crippen molar-refractivity contribution in [3.05, 3.63) is 16.8 Å². The number of morpholine rings is 1. The summed E-state index contributed by atoms with van der Waals surface area (Å²) in [6.07, 6.45) is 10.2. The lowest BCUT2D eigenvalue weighted by molar-refractivity contribution is -0.00126. The second kappa shape index (κ2) is 8.55. The molecule has 2 fully saturated rings. The van der Waals surface area contributed by atoms with Crippen LogP contribution in [0, 0.1) is 11.3 Å². The first-order valence-electron chi connectivity index (χ1n) is 10.9. The molecule has 1 saturated heterocycles. The highest BCUT2D eigenvalue weighted by atomic mass is 32.1. The van der Waals surface area contributed by atoms with E-state index in [1.54, 1.807) is 17.7 Å². The molecule has 2 aromatic heterocycles. The van der Waals surface area contributed by atoms with E-state index < -0.39 is 0 Å². The molecule has 3 aliphatic rings. The molecule has 1 saturated carbocycles. The third-order valence-corrected chi connectivity index (χ3v) is 7.96. The van der Waals surface area contributed by atoms with E-state index in [0.29, 0.717) is 18.4 Å². The van der Waals surface area contributed by atoms with Crippen LogP contribution in [0.15, 0.2) is 6.33 Å². The van der Waals surface area contributed by atoms with Crippen LogP contribution in [0.1, 0.15) is 61.3 Å². The Balaban J connectivity index is 1.31. The van der Waals surface area contributed by atoms with Crippen molar-refractivity contribution >= 4 is 21.6 Å². The van der Waals surface area contributed by atoms with Gasteiger partial charge in [0.25, 0.3) is 0 Å². The van der Waals surface area contributed by atoms with Crippen molar-refractivity contribution in [1.29, 1.82) is 5.26 Å². The molecule has 0 amide bonds. The predicted molar refractivity (Wildman–Crippen MR) is 112 cm³/mol. The van der Waals surface area contributed by atoms with Gasteiger partial charge in [-0.15, -0.1) is 11.3 Å². The number of ether oxygens (including phenoxy) is 2. The summed E-state index contributed by atoms with van der Waals surface area (Å²) in [7, 11) is 0. The molecule has 0 radical (unpaired) electrons. The Bertz CT molecular complexity index is 894. The number of thiophene rings is 1. The summed E-state index contributed by atoms with van der Waals surface area (Å²) in [6, 6.07) is 2.98. The molecule has 0 N–H and O–H groups in total. The van der Waals surface area contributed by atoms with Gasteiger partial charge in [-0.05, 0) is 56.4 Å². The molecule has 5 rings (SSSR count). The minimum Gasteiger partial charge on any atom is -0.474 e. The Morgan fingerprint density at radius 3 is 2.79 bits per heavy atom. The van der Waals surface area contributed by atoms with E-state index in [4.69, 9.17) is 14.7 Å². The van der Waals surface area contributed by atoms with E-state index >= 15 is 0 Å². The first-order valence-corrected chi connectivity index (χ1v) is 11.8. The topological polar surface area (TPSA) is 71.3 Å². The molecule has 1 atom stereocenters. The number of hydrogen-bond donors (Lipinski definition) is 0. The summed E-state index contributed by atoms with van der Waals surface area (Å²) in [5.41, 5.74) is 1.37. The molecule has 7 heteroatoms. The fourth-order valence-corrected chi connectivity index (χ4v) is 6.52. The van der Waals surface area contributed by atoms with Gasteiger partial charge >= 0.3 is 0 Å². The second-order valence-corrected chi connectivity index (χ2v) is 9.51. The summed E-state index contributed by atoms with van der Waals surface area (Å²) in [5, 5.41) is 10.1. The van der Waals surface area contributed by atoms with Crippen LogP contribution in [0.2, 0.25) is 0 Å². The fraction of sp³-hybridized carbons (Fsp3) is 0.682. The Morgan fingerprint density at radius 2 is 2.00 bits per heavy atom. The molecule has 2 aromatic rings. The highest BCUT2D eigenvalue weighted by Crippen LogP contribution is 2.47. The van der Waals surface area contributed by atoms with Crippen LogP contribution in [0.4, 0.5) is 0 Å². The molecule has 0 spiro atoms. The van der Waals surface area contributed by atoms with Gasteiger partial charge in [0, 0.05) is 30.4 Å². The summed E-state index contributed by atoms with van der Waals surface area (Å²) < 4.78 is 12.0. The summed E-state index contributed by atoms with van der Waals surface area (Å²) in [4.78, 5) is 14.1. The molecule has 1 aliphatic heterocycles. The number of aryl methyl sites for hydroxylation is 1. The summed E-state index contributed by atoms with van der Waals surface area (Å²) in [6.45, 7) is 3.86. The summed E-state index contributed by atoms with van der Waals surface area (Å²) in [5.74, 6) is 1.22. The van der Waals surface area contributed by atoms with Crippen LogP contribution in [0.5, 0.6) is 5.88 Å². The molecule has 2 aliphatic carbocycles. The van der Waals surface area contributed by atoms with E-state index in [9.17, 15) is 0 Å². The number of nitriles is 1. The Morgan fingerprint density at radius 1 is 1.17 bits per heavy atom. The zero-order valence-electron chi connectivity index (χ0n) is 16.8. The maximum Gasteiger partial charge on any atom is 0.225 e. The van der Waals surface area contributed by atoms with Crippen LogP contribution >= 0.6 is 11.3 Å². The van der Waals surface area contributed by atoms with Gasteiger partial charge in [0.15, 0.2) is 0 Å². The molecule has 0 unspecified atom stereocenters. The van der Waals surface area contributed by atoms with Crippen LogP contribution in [-0.4, -0.2) is 53.3 Å². The van der Waals surface area contributed by atoms with Crippen molar-refractivity contribution in [3.8, 4) is 11.9 Å². The van der Waals surface area contributed by atoms with Crippen molar-refractivity contribution < 1.29 is 9.47 Å². The van der Waals surface area contributed by atoms with E-state index in [0.717, 1.165) is 74.5 Å². The normalized spacial score (nSPS) is 27.6. The van der Waals surface area contributed by atoms with E-state index in [-0.39, 0.29) is 6.10 Å². The molecule has 0 bridgehead atoms. The smallest absolute Gasteiger partial charge is 0.225 e. The quantitative estimate of drug-likeness (QED) is 0.738. The largest absolute Gasteiger partial charge is 0.474 e. The van der Waals surface area contributed by atoms with Crippen molar-refractivity contribution in [3.63, 3.8) is 0 Å². The van der Waals surface area contributed by atoms with Crippen molar-refractivity contribution in [2.45, 2.75) is 69.4 Å². The average Bonchev–Trinajstić information content (AvgIpc) is 3.33. The van der Waals surface area contributed by atoms with Crippen LogP contribution in [-0.2, 0) is 11.2 Å². The van der Waals surface area contributed by atoms with Gasteiger partial charge < -0.3 is 9.47 Å². The Kier molecular flexibility index (Phi) is 5.67.